The number of esters is 3. The molecule has 0 heterocycles. The summed E-state index contributed by atoms with van der Waals surface area (Å²) in [5.41, 5.74) is 0. The first kappa shape index (κ1) is 20.5. The zero-order chi connectivity index (χ0) is 17.3. The second-order valence-corrected chi connectivity index (χ2v) is 5.61. The monoisotopic (exact) mass is 342 g/mol. The van der Waals surface area contributed by atoms with E-state index in [0.717, 1.165) is 35.5 Å². The molecule has 22 heavy (non-hydrogen) atoms. The van der Waals surface area contributed by atoms with Gasteiger partial charge in [-0.1, -0.05) is 0 Å². The molecule has 0 fully saturated rings. The Bertz CT molecular complexity index is 440. The van der Waals surface area contributed by atoms with Crippen molar-refractivity contribution >= 4 is 25.7 Å². The molecule has 0 saturated heterocycles. The van der Waals surface area contributed by atoms with Crippen LogP contribution < -0.4 is 0 Å². The molecule has 0 radical (unpaired) electrons. The molecule has 0 amide bonds. The second-order valence-electron chi connectivity index (χ2n) is 3.77. The molecule has 0 aromatic carbocycles. The van der Waals surface area contributed by atoms with Crippen molar-refractivity contribution in [2.75, 3.05) is 35.5 Å². The predicted octanol–water partition coefficient (Wildman–Crippen LogP) is 0.298. The highest BCUT2D eigenvalue weighted by Gasteiger charge is 2.43. The predicted molar refractivity (Wildman–Crippen MR) is 70.7 cm³/mol. The number of carbonyl (C=O) groups is 3. The minimum Gasteiger partial charge on any atom is -0.469 e. The van der Waals surface area contributed by atoms with Crippen molar-refractivity contribution in [1.82, 2.24) is 0 Å². The van der Waals surface area contributed by atoms with E-state index in [-0.39, 0.29) is 0 Å². The van der Waals surface area contributed by atoms with Gasteiger partial charge >= 0.3 is 25.7 Å². The summed E-state index contributed by atoms with van der Waals surface area (Å²) in [6.07, 6.45) is -2.31. The molecule has 0 aromatic rings. The van der Waals surface area contributed by atoms with Crippen LogP contribution in [0.15, 0.2) is 0 Å². The Balaban J connectivity index is 5.56. The quantitative estimate of drug-likeness (QED) is 0.328. The van der Waals surface area contributed by atoms with Gasteiger partial charge in [-0.05, 0) is 0 Å². The number of carbonyl (C=O) groups excluding carboxylic acids is 3. The van der Waals surface area contributed by atoms with Crippen molar-refractivity contribution in [3.63, 3.8) is 0 Å². The zero-order valence-electron chi connectivity index (χ0n) is 12.9. The molecule has 0 N–H and O–H groups in total. The highest BCUT2D eigenvalue weighted by Crippen LogP contribution is 2.50. The summed E-state index contributed by atoms with van der Waals surface area (Å²) < 4.78 is 39.5. The van der Waals surface area contributed by atoms with E-state index in [1.54, 1.807) is 0 Å². The molecule has 0 aliphatic rings. The number of phosphoric acid groups is 1. The van der Waals surface area contributed by atoms with Crippen molar-refractivity contribution < 1.29 is 46.7 Å². The standard InChI is InChI=1S/C11H19O10P/c1-16-8(12)6-7(10(13)17-2)9(11(14)18-3)21-22(15,19-4)20-5/h7,9H,6H2,1-5H3. The topological polar surface area (TPSA) is 124 Å². The Morgan fingerprint density at radius 3 is 1.73 bits per heavy atom. The van der Waals surface area contributed by atoms with Gasteiger partial charge in [-0.2, -0.15) is 0 Å². The maximum Gasteiger partial charge on any atom is 0.475 e. The lowest BCUT2D eigenvalue weighted by Gasteiger charge is -2.24. The van der Waals surface area contributed by atoms with Crippen LogP contribution in [0.25, 0.3) is 0 Å². The van der Waals surface area contributed by atoms with Gasteiger partial charge in [0.1, 0.15) is 5.92 Å². The van der Waals surface area contributed by atoms with Crippen LogP contribution in [0.2, 0.25) is 0 Å². The maximum atomic E-state index is 12.0. The van der Waals surface area contributed by atoms with Crippen LogP contribution in [-0.4, -0.2) is 59.6 Å². The number of ether oxygens (including phenoxy) is 3. The number of methoxy groups -OCH3 is 3. The van der Waals surface area contributed by atoms with Gasteiger partial charge in [0, 0.05) is 14.2 Å². The van der Waals surface area contributed by atoms with Gasteiger partial charge in [-0.15, -0.1) is 0 Å². The fraction of sp³-hybridized carbons (Fsp3) is 0.727. The van der Waals surface area contributed by atoms with Crippen LogP contribution in [0.4, 0.5) is 0 Å². The molecule has 0 aliphatic carbocycles. The van der Waals surface area contributed by atoms with Crippen molar-refractivity contribution in [1.29, 1.82) is 0 Å². The minimum atomic E-state index is -4.12. The van der Waals surface area contributed by atoms with Crippen LogP contribution in [0.3, 0.4) is 0 Å². The third-order valence-electron chi connectivity index (χ3n) is 2.61. The lowest BCUT2D eigenvalue weighted by molar-refractivity contribution is -0.165. The fourth-order valence-electron chi connectivity index (χ4n) is 1.42. The molecular formula is C11H19O10P. The van der Waals surface area contributed by atoms with Crippen LogP contribution in [0.1, 0.15) is 6.42 Å². The van der Waals surface area contributed by atoms with E-state index in [1.165, 1.54) is 0 Å². The number of phosphoric ester groups is 1. The maximum absolute atomic E-state index is 12.0. The van der Waals surface area contributed by atoms with Gasteiger partial charge in [-0.3, -0.25) is 23.2 Å². The number of hydrogen-bond acceptors (Lipinski definition) is 10. The molecule has 0 saturated carbocycles. The Hall–Kier alpha value is -1.48. The van der Waals surface area contributed by atoms with E-state index < -0.39 is 44.2 Å². The van der Waals surface area contributed by atoms with Crippen LogP contribution in [0.5, 0.6) is 0 Å². The van der Waals surface area contributed by atoms with E-state index >= 15 is 0 Å². The molecule has 0 rings (SSSR count). The highest BCUT2D eigenvalue weighted by molar-refractivity contribution is 7.48. The molecule has 2 atom stereocenters. The second kappa shape index (κ2) is 9.52. The van der Waals surface area contributed by atoms with Crippen molar-refractivity contribution in [2.45, 2.75) is 12.5 Å². The van der Waals surface area contributed by atoms with Gasteiger partial charge in [0.15, 0.2) is 6.10 Å². The van der Waals surface area contributed by atoms with Crippen molar-refractivity contribution in [3.8, 4) is 0 Å². The van der Waals surface area contributed by atoms with E-state index in [4.69, 9.17) is 4.52 Å². The Labute approximate surface area is 127 Å². The van der Waals surface area contributed by atoms with Gasteiger partial charge in [-0.25, -0.2) is 9.36 Å². The average Bonchev–Trinajstić information content (AvgIpc) is 2.55. The molecule has 11 heteroatoms. The SMILES string of the molecule is COC(=O)CC(C(=O)OC)C(OP(=O)(OC)OC)C(=O)OC. The first-order chi connectivity index (χ1) is 10.3. The van der Waals surface area contributed by atoms with Gasteiger partial charge in [0.2, 0.25) is 0 Å². The summed E-state index contributed by atoms with van der Waals surface area (Å²) in [7, 11) is 1.09. The molecular weight excluding hydrogens is 323 g/mol. The van der Waals surface area contributed by atoms with Crippen molar-refractivity contribution in [3.05, 3.63) is 0 Å². The molecule has 2 unspecified atom stereocenters. The minimum absolute atomic E-state index is 0.559. The van der Waals surface area contributed by atoms with E-state index in [2.05, 4.69) is 23.3 Å². The fourth-order valence-corrected chi connectivity index (χ4v) is 2.26. The molecule has 128 valence electrons. The third-order valence-corrected chi connectivity index (χ3v) is 3.99. The molecule has 0 bridgehead atoms. The largest absolute Gasteiger partial charge is 0.475 e. The van der Waals surface area contributed by atoms with Crippen molar-refractivity contribution in [2.24, 2.45) is 5.92 Å². The van der Waals surface area contributed by atoms with E-state index in [9.17, 15) is 18.9 Å². The van der Waals surface area contributed by atoms with E-state index in [1.807, 2.05) is 0 Å². The van der Waals surface area contributed by atoms with Crippen LogP contribution >= 0.6 is 7.82 Å². The Morgan fingerprint density at radius 2 is 1.36 bits per heavy atom. The third kappa shape index (κ3) is 5.72. The summed E-state index contributed by atoms with van der Waals surface area (Å²) in [4.78, 5) is 35.0. The van der Waals surface area contributed by atoms with Crippen LogP contribution in [0, 0.1) is 5.92 Å². The molecule has 0 spiro atoms. The average molecular weight is 342 g/mol. The molecule has 10 nitrogen and oxygen atoms in total. The first-order valence-corrected chi connectivity index (χ1v) is 7.37. The van der Waals surface area contributed by atoms with Gasteiger partial charge in [0.05, 0.1) is 27.8 Å². The normalized spacial score (nSPS) is 13.9. The Morgan fingerprint density at radius 1 is 0.864 bits per heavy atom. The lowest BCUT2D eigenvalue weighted by atomic mass is 9.99. The highest BCUT2D eigenvalue weighted by atomic mass is 31.2. The van der Waals surface area contributed by atoms with Crippen LogP contribution in [-0.2, 0) is 46.7 Å². The van der Waals surface area contributed by atoms with Gasteiger partial charge in [0.25, 0.3) is 0 Å². The molecule has 0 aromatic heterocycles. The zero-order valence-corrected chi connectivity index (χ0v) is 13.8. The summed E-state index contributed by atoms with van der Waals surface area (Å²) >= 11 is 0. The first-order valence-electron chi connectivity index (χ1n) is 5.90. The summed E-state index contributed by atoms with van der Waals surface area (Å²) in [5, 5.41) is 0. The summed E-state index contributed by atoms with van der Waals surface area (Å²) in [6.45, 7) is 0. The summed E-state index contributed by atoms with van der Waals surface area (Å²) in [5.74, 6) is -4.28. The molecule has 0 aliphatic heterocycles. The van der Waals surface area contributed by atoms with Gasteiger partial charge < -0.3 is 14.2 Å². The lowest BCUT2D eigenvalue weighted by Crippen LogP contribution is -2.39. The van der Waals surface area contributed by atoms with E-state index in [0.29, 0.717) is 0 Å². The Kier molecular flexibility index (Phi) is 8.88. The summed E-state index contributed by atoms with van der Waals surface area (Å²) in [6, 6.07) is 0. The number of rotatable bonds is 9. The number of hydrogen-bond donors (Lipinski definition) is 0. The smallest absolute Gasteiger partial charge is 0.469 e.